The van der Waals surface area contributed by atoms with Gasteiger partial charge in [-0.2, -0.15) is 0 Å². The molecule has 0 spiro atoms. The molecule has 0 fully saturated rings. The van der Waals surface area contributed by atoms with Crippen molar-refractivity contribution in [3.8, 4) is 11.5 Å². The van der Waals surface area contributed by atoms with Gasteiger partial charge < -0.3 is 9.47 Å². The fourth-order valence-electron chi connectivity index (χ4n) is 3.73. The first-order valence-corrected chi connectivity index (χ1v) is 10.6. The first kappa shape index (κ1) is 21.4. The SMILES string of the molecule is CCc1nc2c(OCc3ccccc3C)cccn2c1N(C)C(=O)c1ccc(OC)cc1. The Hall–Kier alpha value is -3.80. The lowest BCUT2D eigenvalue weighted by atomic mass is 10.1. The van der Waals surface area contributed by atoms with Crippen molar-refractivity contribution in [2.24, 2.45) is 0 Å². The zero-order chi connectivity index (χ0) is 22.7. The minimum atomic E-state index is -0.115. The van der Waals surface area contributed by atoms with Crippen LogP contribution in [-0.2, 0) is 13.0 Å². The van der Waals surface area contributed by atoms with Crippen LogP contribution in [0.5, 0.6) is 11.5 Å². The average Bonchev–Trinajstić information content (AvgIpc) is 3.22. The third-order valence-corrected chi connectivity index (χ3v) is 5.60. The van der Waals surface area contributed by atoms with Gasteiger partial charge in [-0.25, -0.2) is 4.98 Å². The molecule has 0 unspecified atom stereocenters. The molecule has 0 N–H and O–H groups in total. The maximum Gasteiger partial charge on any atom is 0.259 e. The van der Waals surface area contributed by atoms with Crippen molar-refractivity contribution in [3.63, 3.8) is 0 Å². The smallest absolute Gasteiger partial charge is 0.259 e. The molecule has 0 radical (unpaired) electrons. The molecule has 0 saturated heterocycles. The predicted octanol–water partition coefficient (Wildman–Crippen LogP) is 5.07. The Morgan fingerprint density at radius 1 is 1.06 bits per heavy atom. The number of rotatable bonds is 7. The quantitative estimate of drug-likeness (QED) is 0.412. The van der Waals surface area contributed by atoms with Crippen LogP contribution < -0.4 is 14.4 Å². The number of fused-ring (bicyclic) bond motifs is 1. The highest BCUT2D eigenvalue weighted by Crippen LogP contribution is 2.29. The van der Waals surface area contributed by atoms with Crippen LogP contribution in [0.3, 0.4) is 0 Å². The van der Waals surface area contributed by atoms with Crippen LogP contribution in [0.4, 0.5) is 5.82 Å². The molecule has 32 heavy (non-hydrogen) atoms. The zero-order valence-corrected chi connectivity index (χ0v) is 18.8. The third-order valence-electron chi connectivity index (χ3n) is 5.60. The number of anilines is 1. The van der Waals surface area contributed by atoms with E-state index in [4.69, 9.17) is 14.5 Å². The van der Waals surface area contributed by atoms with Gasteiger partial charge in [0.05, 0.1) is 12.8 Å². The van der Waals surface area contributed by atoms with E-state index in [1.54, 1.807) is 43.3 Å². The molecular weight excluding hydrogens is 402 g/mol. The highest BCUT2D eigenvalue weighted by Gasteiger charge is 2.22. The van der Waals surface area contributed by atoms with Gasteiger partial charge in [0, 0.05) is 18.8 Å². The van der Waals surface area contributed by atoms with Crippen molar-refractivity contribution in [1.29, 1.82) is 0 Å². The molecule has 6 heteroatoms. The van der Waals surface area contributed by atoms with Crippen molar-refractivity contribution >= 4 is 17.4 Å². The van der Waals surface area contributed by atoms with Crippen molar-refractivity contribution in [2.75, 3.05) is 19.1 Å². The van der Waals surface area contributed by atoms with Crippen LogP contribution in [-0.4, -0.2) is 29.4 Å². The van der Waals surface area contributed by atoms with Crippen molar-refractivity contribution in [1.82, 2.24) is 9.38 Å². The number of carbonyl (C=O) groups excluding carboxylic acids is 1. The molecule has 164 valence electrons. The van der Waals surface area contributed by atoms with Crippen LogP contribution in [0.15, 0.2) is 66.9 Å². The number of hydrogen-bond acceptors (Lipinski definition) is 4. The van der Waals surface area contributed by atoms with Crippen LogP contribution in [0.1, 0.15) is 34.1 Å². The first-order chi connectivity index (χ1) is 15.5. The van der Waals surface area contributed by atoms with Crippen LogP contribution >= 0.6 is 0 Å². The van der Waals surface area contributed by atoms with E-state index in [2.05, 4.69) is 19.1 Å². The Kier molecular flexibility index (Phi) is 6.12. The molecule has 2 aromatic carbocycles. The fourth-order valence-corrected chi connectivity index (χ4v) is 3.73. The fraction of sp³-hybridized carbons (Fsp3) is 0.231. The zero-order valence-electron chi connectivity index (χ0n) is 18.8. The Bertz CT molecular complexity index is 1250. The molecule has 0 atom stereocenters. The van der Waals surface area contributed by atoms with E-state index in [1.165, 1.54) is 5.56 Å². The summed E-state index contributed by atoms with van der Waals surface area (Å²) >= 11 is 0. The number of imidazole rings is 1. The molecule has 2 heterocycles. The highest BCUT2D eigenvalue weighted by molar-refractivity contribution is 6.05. The lowest BCUT2D eigenvalue weighted by molar-refractivity contribution is 0.0992. The summed E-state index contributed by atoms with van der Waals surface area (Å²) in [6.07, 6.45) is 2.60. The summed E-state index contributed by atoms with van der Waals surface area (Å²) in [6, 6.07) is 19.1. The maximum absolute atomic E-state index is 13.2. The highest BCUT2D eigenvalue weighted by atomic mass is 16.5. The number of pyridine rings is 1. The van der Waals surface area contributed by atoms with Crippen molar-refractivity contribution in [3.05, 3.63) is 89.2 Å². The molecule has 4 rings (SSSR count). The number of hydrogen-bond donors (Lipinski definition) is 0. The van der Waals surface area contributed by atoms with Crippen LogP contribution in [0.2, 0.25) is 0 Å². The van der Waals surface area contributed by atoms with Gasteiger partial charge >= 0.3 is 0 Å². The average molecular weight is 430 g/mol. The van der Waals surface area contributed by atoms with Gasteiger partial charge in [-0.3, -0.25) is 14.1 Å². The van der Waals surface area contributed by atoms with Gasteiger partial charge in [0.15, 0.2) is 11.4 Å². The number of methoxy groups -OCH3 is 1. The third kappa shape index (κ3) is 4.04. The standard InChI is InChI=1S/C26H27N3O3/c1-5-22-25(28(3)26(30)19-12-14-21(31-4)15-13-19)29-16-8-11-23(24(29)27-22)32-17-20-10-7-6-9-18(20)2/h6-16H,5,17H2,1-4H3. The Morgan fingerprint density at radius 3 is 2.50 bits per heavy atom. The van der Waals surface area contributed by atoms with E-state index in [1.807, 2.05) is 41.8 Å². The largest absolute Gasteiger partial charge is 0.497 e. The number of nitrogens with zero attached hydrogens (tertiary/aromatic N) is 3. The summed E-state index contributed by atoms with van der Waals surface area (Å²) in [6.45, 7) is 4.56. The summed E-state index contributed by atoms with van der Waals surface area (Å²) in [7, 11) is 3.38. The molecule has 2 aromatic heterocycles. The minimum absolute atomic E-state index is 0.115. The molecule has 0 aliphatic rings. The van der Waals surface area contributed by atoms with Crippen molar-refractivity contribution < 1.29 is 14.3 Å². The molecule has 1 amide bonds. The lowest BCUT2D eigenvalue weighted by Crippen LogP contribution is -2.28. The van der Waals surface area contributed by atoms with E-state index < -0.39 is 0 Å². The Morgan fingerprint density at radius 2 is 1.81 bits per heavy atom. The first-order valence-electron chi connectivity index (χ1n) is 10.6. The minimum Gasteiger partial charge on any atom is -0.497 e. The molecule has 0 aliphatic heterocycles. The number of carbonyl (C=O) groups is 1. The van der Waals surface area contributed by atoms with E-state index in [-0.39, 0.29) is 5.91 Å². The second kappa shape index (κ2) is 9.14. The summed E-state index contributed by atoms with van der Waals surface area (Å²) < 4.78 is 13.3. The Labute approximate surface area is 188 Å². The summed E-state index contributed by atoms with van der Waals surface area (Å²) in [5, 5.41) is 0. The second-order valence-electron chi connectivity index (χ2n) is 7.61. The Balaban J connectivity index is 1.67. The number of benzene rings is 2. The van der Waals surface area contributed by atoms with Gasteiger partial charge in [-0.1, -0.05) is 31.2 Å². The maximum atomic E-state index is 13.2. The lowest BCUT2D eigenvalue weighted by Gasteiger charge is -2.19. The number of ether oxygens (including phenoxy) is 2. The van der Waals surface area contributed by atoms with E-state index >= 15 is 0 Å². The number of aryl methyl sites for hydroxylation is 2. The van der Waals surface area contributed by atoms with E-state index in [9.17, 15) is 4.79 Å². The van der Waals surface area contributed by atoms with Gasteiger partial charge in [-0.05, 0) is 60.9 Å². The normalized spacial score (nSPS) is 10.9. The van der Waals surface area contributed by atoms with Crippen LogP contribution in [0.25, 0.3) is 5.65 Å². The summed E-state index contributed by atoms with van der Waals surface area (Å²) in [5.74, 6) is 2.02. The van der Waals surface area contributed by atoms with Gasteiger partial charge in [-0.15, -0.1) is 0 Å². The molecule has 6 nitrogen and oxygen atoms in total. The van der Waals surface area contributed by atoms with Crippen LogP contribution in [0, 0.1) is 6.92 Å². The summed E-state index contributed by atoms with van der Waals surface area (Å²) in [4.78, 5) is 19.7. The van der Waals surface area contributed by atoms with Gasteiger partial charge in [0.2, 0.25) is 0 Å². The van der Waals surface area contributed by atoms with Crippen molar-refractivity contribution in [2.45, 2.75) is 26.9 Å². The molecular formula is C26H27N3O3. The topological polar surface area (TPSA) is 56.1 Å². The number of aromatic nitrogens is 2. The number of amides is 1. The second-order valence-corrected chi connectivity index (χ2v) is 7.61. The predicted molar refractivity (Wildman–Crippen MR) is 126 cm³/mol. The monoisotopic (exact) mass is 429 g/mol. The van der Waals surface area contributed by atoms with Gasteiger partial charge in [0.1, 0.15) is 18.2 Å². The molecule has 4 aromatic rings. The molecule has 0 saturated carbocycles. The van der Waals surface area contributed by atoms with Gasteiger partial charge in [0.25, 0.3) is 5.91 Å². The van der Waals surface area contributed by atoms with E-state index in [0.29, 0.717) is 35.7 Å². The summed E-state index contributed by atoms with van der Waals surface area (Å²) in [5.41, 5.74) is 4.42. The van der Waals surface area contributed by atoms with E-state index in [0.717, 1.165) is 17.1 Å². The molecule has 0 aliphatic carbocycles. The molecule has 0 bridgehead atoms.